The first kappa shape index (κ1) is 13.9. The van der Waals surface area contributed by atoms with E-state index in [2.05, 4.69) is 20.8 Å². The highest BCUT2D eigenvalue weighted by molar-refractivity contribution is 5.88. The van der Waals surface area contributed by atoms with Crippen LogP contribution in [0.15, 0.2) is 30.0 Å². The molecule has 1 aliphatic rings. The van der Waals surface area contributed by atoms with E-state index in [9.17, 15) is 9.90 Å². The zero-order valence-electron chi connectivity index (χ0n) is 11.8. The molecule has 0 radical (unpaired) electrons. The smallest absolute Gasteiger partial charge is 0.248 e. The van der Waals surface area contributed by atoms with Gasteiger partial charge >= 0.3 is 0 Å². The van der Waals surface area contributed by atoms with E-state index in [1.807, 2.05) is 0 Å². The van der Waals surface area contributed by atoms with Gasteiger partial charge in [-0.15, -0.1) is 0 Å². The summed E-state index contributed by atoms with van der Waals surface area (Å²) in [6.45, 7) is 0. The number of carboxylic acids is 1. The molecule has 0 saturated heterocycles. The average Bonchev–Trinajstić information content (AvgIpc) is 3.01. The van der Waals surface area contributed by atoms with Crippen LogP contribution in [0.4, 0.5) is 5.95 Å². The van der Waals surface area contributed by atoms with E-state index in [0.29, 0.717) is 17.1 Å². The predicted molar refractivity (Wildman–Crippen MR) is 72.2 cm³/mol. The summed E-state index contributed by atoms with van der Waals surface area (Å²) in [5, 5.41) is 24.9. The molecule has 1 atom stereocenters. The van der Waals surface area contributed by atoms with Crippen molar-refractivity contribution in [2.45, 2.75) is 6.04 Å². The number of hydrogen-bond donors (Lipinski definition) is 1. The van der Waals surface area contributed by atoms with Crippen LogP contribution < -0.4 is 19.9 Å². The maximum absolute atomic E-state index is 11.2. The van der Waals surface area contributed by atoms with Crippen LogP contribution >= 0.6 is 0 Å². The standard InChI is InChI=1S/C13H13N5O4/c1-21-10-5-3-4-7(11(10)22-2)9-6-8(12(19)20)14-13-15-16-17-18(9)13/h3-6,9H,1-2H3,(H,19,20)(H,14,15,17)/p-1/t9-/m0/s1. The Kier molecular flexibility index (Phi) is 3.37. The number of anilines is 1. The Balaban J connectivity index is 2.17. The second-order valence-corrected chi connectivity index (χ2v) is 4.47. The molecule has 9 heteroatoms. The van der Waals surface area contributed by atoms with Crippen molar-refractivity contribution in [1.82, 2.24) is 20.2 Å². The van der Waals surface area contributed by atoms with E-state index < -0.39 is 12.0 Å². The van der Waals surface area contributed by atoms with Gasteiger partial charge in [0.25, 0.3) is 0 Å². The first-order chi connectivity index (χ1) is 10.7. The number of nitrogens with one attached hydrogen (secondary N) is 1. The number of tetrazole rings is 1. The number of benzene rings is 1. The maximum Gasteiger partial charge on any atom is 0.248 e. The minimum Gasteiger partial charge on any atom is -0.543 e. The van der Waals surface area contributed by atoms with Crippen molar-refractivity contribution in [3.05, 3.63) is 35.5 Å². The van der Waals surface area contributed by atoms with Gasteiger partial charge in [-0.3, -0.25) is 0 Å². The summed E-state index contributed by atoms with van der Waals surface area (Å²) in [5.74, 6) is -0.137. The molecule has 0 unspecified atom stereocenters. The fraction of sp³-hybridized carbons (Fsp3) is 0.231. The number of nitrogens with zero attached hydrogens (tertiary/aromatic N) is 4. The Morgan fingerprint density at radius 1 is 1.36 bits per heavy atom. The lowest BCUT2D eigenvalue weighted by Gasteiger charge is -2.25. The van der Waals surface area contributed by atoms with Gasteiger partial charge in [-0.05, 0) is 22.6 Å². The number of hydrogen-bond acceptors (Lipinski definition) is 8. The average molecular weight is 302 g/mol. The highest BCUT2D eigenvalue weighted by Gasteiger charge is 2.27. The highest BCUT2D eigenvalue weighted by atomic mass is 16.5. The molecule has 1 aromatic heterocycles. The summed E-state index contributed by atoms with van der Waals surface area (Å²) >= 11 is 0. The first-order valence-electron chi connectivity index (χ1n) is 6.34. The second-order valence-electron chi connectivity index (χ2n) is 4.47. The molecule has 2 heterocycles. The van der Waals surface area contributed by atoms with Gasteiger partial charge in [0.15, 0.2) is 11.5 Å². The van der Waals surface area contributed by atoms with Crippen molar-refractivity contribution in [2.75, 3.05) is 19.5 Å². The van der Waals surface area contributed by atoms with Crippen LogP contribution in [0.2, 0.25) is 0 Å². The molecule has 0 amide bonds. The Morgan fingerprint density at radius 3 is 2.86 bits per heavy atom. The summed E-state index contributed by atoms with van der Waals surface area (Å²) < 4.78 is 12.1. The van der Waals surface area contributed by atoms with Gasteiger partial charge in [-0.25, -0.2) is 0 Å². The fourth-order valence-electron chi connectivity index (χ4n) is 2.34. The third kappa shape index (κ3) is 2.12. The summed E-state index contributed by atoms with van der Waals surface area (Å²) in [5.41, 5.74) is 0.549. The third-order valence-corrected chi connectivity index (χ3v) is 3.30. The molecular weight excluding hydrogens is 290 g/mol. The summed E-state index contributed by atoms with van der Waals surface area (Å²) in [7, 11) is 3.03. The van der Waals surface area contributed by atoms with Crippen LogP contribution in [0.1, 0.15) is 11.6 Å². The van der Waals surface area contributed by atoms with Gasteiger partial charge in [-0.2, -0.15) is 4.68 Å². The molecule has 0 saturated carbocycles. The predicted octanol–water partition coefficient (Wildman–Crippen LogP) is -0.661. The van der Waals surface area contributed by atoms with Gasteiger partial charge in [0.2, 0.25) is 5.95 Å². The number of carboxylic acid groups (broad SMARTS) is 1. The van der Waals surface area contributed by atoms with Crippen molar-refractivity contribution in [3.63, 3.8) is 0 Å². The molecule has 0 bridgehead atoms. The Bertz CT molecular complexity index is 755. The number of fused-ring (bicyclic) bond motifs is 1. The van der Waals surface area contributed by atoms with E-state index in [1.165, 1.54) is 25.0 Å². The van der Waals surface area contributed by atoms with Gasteiger partial charge in [0, 0.05) is 5.56 Å². The maximum atomic E-state index is 11.2. The largest absolute Gasteiger partial charge is 0.543 e. The number of para-hydroxylation sites is 1. The molecule has 9 nitrogen and oxygen atoms in total. The monoisotopic (exact) mass is 302 g/mol. The molecule has 3 rings (SSSR count). The molecule has 22 heavy (non-hydrogen) atoms. The SMILES string of the molecule is COc1cccc([C@@H]2C=C(C(=O)[O-])Nc3nnnn32)c1OC. The van der Waals surface area contributed by atoms with Crippen LogP contribution in [0.5, 0.6) is 11.5 Å². The normalized spacial score (nSPS) is 16.3. The summed E-state index contributed by atoms with van der Waals surface area (Å²) in [6, 6.07) is 4.73. The van der Waals surface area contributed by atoms with Crippen LogP contribution in [-0.4, -0.2) is 40.4 Å². The van der Waals surface area contributed by atoms with E-state index in [0.717, 1.165) is 0 Å². The number of aliphatic carboxylic acids is 1. The second kappa shape index (κ2) is 5.35. The summed E-state index contributed by atoms with van der Waals surface area (Å²) in [6.07, 6.45) is 1.45. The Morgan fingerprint density at radius 2 is 2.18 bits per heavy atom. The highest BCUT2D eigenvalue weighted by Crippen LogP contribution is 2.38. The van der Waals surface area contributed by atoms with Crippen LogP contribution in [-0.2, 0) is 4.79 Å². The molecule has 1 aliphatic heterocycles. The van der Waals surface area contributed by atoms with E-state index in [-0.39, 0.29) is 11.6 Å². The van der Waals surface area contributed by atoms with Gasteiger partial charge < -0.3 is 24.7 Å². The number of rotatable bonds is 4. The van der Waals surface area contributed by atoms with Crippen LogP contribution in [0.25, 0.3) is 0 Å². The molecule has 2 aromatic rings. The first-order valence-corrected chi connectivity index (χ1v) is 6.34. The number of carbonyl (C=O) groups excluding carboxylic acids is 1. The van der Waals surface area contributed by atoms with Crippen molar-refractivity contribution < 1.29 is 19.4 Å². The lowest BCUT2D eigenvalue weighted by atomic mass is 10.0. The molecule has 0 aliphatic carbocycles. The Hall–Kier alpha value is -3.10. The van der Waals surface area contributed by atoms with E-state index >= 15 is 0 Å². The zero-order valence-corrected chi connectivity index (χ0v) is 11.8. The third-order valence-electron chi connectivity index (χ3n) is 3.30. The number of ether oxygens (including phenoxy) is 2. The van der Waals surface area contributed by atoms with Crippen molar-refractivity contribution in [1.29, 1.82) is 0 Å². The van der Waals surface area contributed by atoms with Gasteiger partial charge in [-0.1, -0.05) is 17.2 Å². The van der Waals surface area contributed by atoms with Crippen molar-refractivity contribution >= 4 is 11.9 Å². The van der Waals surface area contributed by atoms with Gasteiger partial charge in [0.05, 0.1) is 25.9 Å². The number of carbonyl (C=O) groups is 1. The molecule has 0 spiro atoms. The zero-order chi connectivity index (χ0) is 15.7. The van der Waals surface area contributed by atoms with Crippen molar-refractivity contribution in [3.8, 4) is 11.5 Å². The van der Waals surface area contributed by atoms with Crippen LogP contribution in [0, 0.1) is 0 Å². The quantitative estimate of drug-likeness (QED) is 0.791. The van der Waals surface area contributed by atoms with Gasteiger partial charge in [0.1, 0.15) is 6.04 Å². The van der Waals surface area contributed by atoms with Crippen molar-refractivity contribution in [2.24, 2.45) is 0 Å². The molecule has 1 aromatic carbocycles. The molecular formula is C13H12N5O4-. The fourth-order valence-corrected chi connectivity index (χ4v) is 2.34. The number of allylic oxidation sites excluding steroid dienone is 1. The lowest BCUT2D eigenvalue weighted by Crippen LogP contribution is -2.33. The molecule has 114 valence electrons. The van der Waals surface area contributed by atoms with E-state index in [1.54, 1.807) is 18.2 Å². The topological polar surface area (TPSA) is 114 Å². The molecule has 0 fully saturated rings. The van der Waals surface area contributed by atoms with Crippen LogP contribution in [0.3, 0.4) is 0 Å². The minimum absolute atomic E-state index is 0.114. The number of aromatic nitrogens is 4. The number of methoxy groups -OCH3 is 2. The molecule has 1 N–H and O–H groups in total. The minimum atomic E-state index is -1.35. The van der Waals surface area contributed by atoms with E-state index in [4.69, 9.17) is 9.47 Å². The Labute approximate surface area is 125 Å². The lowest BCUT2D eigenvalue weighted by molar-refractivity contribution is -0.299. The summed E-state index contributed by atoms with van der Waals surface area (Å²) in [4.78, 5) is 11.2.